The fraction of sp³-hybridized carbons (Fsp3) is 0.357. The highest BCUT2D eigenvalue weighted by atomic mass is 32.2. The van der Waals surface area contributed by atoms with E-state index in [2.05, 4.69) is 25.1 Å². The maximum absolute atomic E-state index is 14.4. The molecule has 1 fully saturated rings. The van der Waals surface area contributed by atoms with Crippen LogP contribution in [0.2, 0.25) is 0 Å². The zero-order valence-corrected chi connectivity index (χ0v) is 24.0. The number of alkyl halides is 4. The van der Waals surface area contributed by atoms with Crippen LogP contribution < -0.4 is 9.62 Å². The molecule has 0 saturated carbocycles. The van der Waals surface area contributed by atoms with Gasteiger partial charge in [0, 0.05) is 19.2 Å². The van der Waals surface area contributed by atoms with Gasteiger partial charge in [-0.15, -0.1) is 4.98 Å². The van der Waals surface area contributed by atoms with Crippen molar-refractivity contribution in [3.05, 3.63) is 76.7 Å². The number of anilines is 3. The third-order valence-corrected chi connectivity index (χ3v) is 8.21. The molecule has 1 saturated heterocycles. The fourth-order valence-electron chi connectivity index (χ4n) is 4.87. The Kier molecular flexibility index (Phi) is 8.52. The summed E-state index contributed by atoms with van der Waals surface area (Å²) < 4.78 is 88.6. The summed E-state index contributed by atoms with van der Waals surface area (Å²) in [5.41, 5.74) is 0.858. The number of ether oxygens (including phenoxy) is 1. The number of imidazole rings is 1. The van der Waals surface area contributed by atoms with Gasteiger partial charge in [0.1, 0.15) is 17.4 Å². The Morgan fingerprint density at radius 1 is 1.07 bits per heavy atom. The van der Waals surface area contributed by atoms with Gasteiger partial charge in [-0.1, -0.05) is 18.7 Å². The molecule has 10 nitrogen and oxygen atoms in total. The van der Waals surface area contributed by atoms with Crippen molar-refractivity contribution in [3.8, 4) is 0 Å². The summed E-state index contributed by atoms with van der Waals surface area (Å²) in [5, 5.41) is 3.04. The second kappa shape index (κ2) is 12.1. The lowest BCUT2D eigenvalue weighted by molar-refractivity contribution is -0.0363. The van der Waals surface area contributed by atoms with Gasteiger partial charge in [0.25, 0.3) is 18.7 Å². The molecule has 4 aromatic rings. The van der Waals surface area contributed by atoms with E-state index in [9.17, 15) is 26.0 Å². The van der Waals surface area contributed by atoms with Crippen molar-refractivity contribution in [1.29, 1.82) is 0 Å². The van der Waals surface area contributed by atoms with Crippen LogP contribution >= 0.6 is 0 Å². The third kappa shape index (κ3) is 6.40. The molecule has 1 aliphatic rings. The fourth-order valence-corrected chi connectivity index (χ4v) is 5.38. The van der Waals surface area contributed by atoms with E-state index in [-0.39, 0.29) is 40.5 Å². The van der Waals surface area contributed by atoms with Gasteiger partial charge in [-0.3, -0.25) is 8.87 Å². The van der Waals surface area contributed by atoms with Gasteiger partial charge in [0.15, 0.2) is 11.5 Å². The van der Waals surface area contributed by atoms with E-state index in [4.69, 9.17) is 11.3 Å². The molecule has 5 rings (SSSR count). The molecule has 1 atom stereocenters. The maximum Gasteiger partial charge on any atom is 0.295 e. The molecule has 0 amide bonds. The zero-order chi connectivity index (χ0) is 30.9. The first kappa shape index (κ1) is 30.2. The van der Waals surface area contributed by atoms with Crippen LogP contribution in [0.4, 0.5) is 40.4 Å². The topological polar surface area (TPSA) is 107 Å². The lowest BCUT2D eigenvalue weighted by Crippen LogP contribution is -2.25. The largest absolute Gasteiger partial charge is 0.361 e. The highest BCUT2D eigenvalue weighted by Gasteiger charge is 2.29. The summed E-state index contributed by atoms with van der Waals surface area (Å²) in [7, 11) is -2.65. The minimum atomic E-state index is -3.87. The number of hydrogen-bond donors (Lipinski definition) is 1. The summed E-state index contributed by atoms with van der Waals surface area (Å²) in [5.74, 6) is -0.380. The maximum atomic E-state index is 14.4. The number of benzene rings is 1. The van der Waals surface area contributed by atoms with Crippen LogP contribution in [0, 0.1) is 6.57 Å². The van der Waals surface area contributed by atoms with Crippen molar-refractivity contribution in [2.45, 2.75) is 44.8 Å². The third-order valence-electron chi connectivity index (χ3n) is 7.02. The summed E-state index contributed by atoms with van der Waals surface area (Å²) in [6.45, 7) is 7.64. The van der Waals surface area contributed by atoms with Crippen molar-refractivity contribution in [2.75, 3.05) is 29.5 Å². The van der Waals surface area contributed by atoms with Crippen LogP contribution in [-0.2, 0) is 21.2 Å². The van der Waals surface area contributed by atoms with Gasteiger partial charge in [-0.25, -0.2) is 35.9 Å². The van der Waals surface area contributed by atoms with E-state index >= 15 is 0 Å². The first-order valence-electron chi connectivity index (χ1n) is 13.2. The number of sulfonamides is 1. The molecule has 3 aromatic heterocycles. The Labute approximate surface area is 245 Å². The van der Waals surface area contributed by atoms with Gasteiger partial charge in [0.05, 0.1) is 35.4 Å². The number of rotatable bonds is 9. The Balaban J connectivity index is 1.71. The number of fused-ring (bicyclic) bond motifs is 1. The van der Waals surface area contributed by atoms with Crippen LogP contribution in [-0.4, -0.2) is 47.8 Å². The average Bonchev–Trinajstić information content (AvgIpc) is 3.37. The summed E-state index contributed by atoms with van der Waals surface area (Å²) >= 11 is 0. The number of hydrogen-bond acceptors (Lipinski definition) is 7. The molecule has 1 N–H and O–H groups in total. The quantitative estimate of drug-likeness (QED) is 0.165. The number of nitrogens with zero attached hydrogens (tertiary/aromatic N) is 6. The standard InChI is InChI=1S/C28H27F4N7O3S/c1-33-22-8-6-7-17(34-22)14-18-15-20(36-19-11-10-16(25(29)30)13-21(19)38(2)43(3,40)41)24-27(35-18)39(28(37-24)26(31)32)23-9-4-5-12-42-23/h6-8,10-11,13,15,23,25-26H,4-5,9,12,14H2,2-3H3,(H,35,36). The van der Waals surface area contributed by atoms with Crippen LogP contribution in [0.1, 0.15) is 61.1 Å². The average molecular weight is 618 g/mol. The second-order valence-corrected chi connectivity index (χ2v) is 12.0. The highest BCUT2D eigenvalue weighted by Crippen LogP contribution is 2.38. The van der Waals surface area contributed by atoms with Crippen molar-refractivity contribution in [1.82, 2.24) is 19.5 Å². The molecule has 226 valence electrons. The summed E-state index contributed by atoms with van der Waals surface area (Å²) in [6, 6.07) is 9.95. The first-order valence-corrected chi connectivity index (χ1v) is 15.1. The molecule has 1 aliphatic heterocycles. The molecule has 43 heavy (non-hydrogen) atoms. The number of aromatic nitrogens is 4. The molecule has 0 aliphatic carbocycles. The van der Waals surface area contributed by atoms with Crippen LogP contribution in [0.5, 0.6) is 0 Å². The monoisotopic (exact) mass is 617 g/mol. The van der Waals surface area contributed by atoms with E-state index in [0.29, 0.717) is 24.4 Å². The molecule has 1 aromatic carbocycles. The van der Waals surface area contributed by atoms with E-state index in [0.717, 1.165) is 35.5 Å². The second-order valence-electron chi connectivity index (χ2n) is 10.0. The van der Waals surface area contributed by atoms with E-state index in [1.54, 1.807) is 24.3 Å². The van der Waals surface area contributed by atoms with E-state index in [1.165, 1.54) is 17.7 Å². The molecule has 0 spiro atoms. The zero-order valence-electron chi connectivity index (χ0n) is 23.1. The highest BCUT2D eigenvalue weighted by molar-refractivity contribution is 7.92. The lowest BCUT2D eigenvalue weighted by atomic mass is 10.1. The molecule has 4 heterocycles. The van der Waals surface area contributed by atoms with Crippen LogP contribution in [0.3, 0.4) is 0 Å². The SMILES string of the molecule is [C-]#[N+]c1cccc(Cc2cc(Nc3ccc(C(F)F)cc3N(C)S(C)(=O)=O)c3nc(C(F)F)n(C4CCCCO4)c3n2)n1. The number of nitrogens with one attached hydrogen (secondary N) is 1. The number of halogens is 4. The first-order chi connectivity index (χ1) is 20.5. The van der Waals surface area contributed by atoms with E-state index < -0.39 is 40.5 Å². The normalized spacial score (nSPS) is 15.7. The van der Waals surface area contributed by atoms with Gasteiger partial charge in [-0.05, 0) is 49.6 Å². The molecule has 15 heteroatoms. The Morgan fingerprint density at radius 3 is 2.51 bits per heavy atom. The summed E-state index contributed by atoms with van der Waals surface area (Å²) in [4.78, 5) is 16.5. The molecule has 0 radical (unpaired) electrons. The predicted octanol–water partition coefficient (Wildman–Crippen LogP) is 6.68. The van der Waals surface area contributed by atoms with Crippen molar-refractivity contribution in [2.24, 2.45) is 0 Å². The smallest absolute Gasteiger partial charge is 0.295 e. The Bertz CT molecular complexity index is 1800. The van der Waals surface area contributed by atoms with Crippen molar-refractivity contribution < 1.29 is 30.7 Å². The molecule has 0 bridgehead atoms. The predicted molar refractivity (Wildman–Crippen MR) is 153 cm³/mol. The summed E-state index contributed by atoms with van der Waals surface area (Å²) in [6.07, 6.45) is -3.51. The van der Waals surface area contributed by atoms with E-state index in [1.807, 2.05) is 0 Å². The van der Waals surface area contributed by atoms with Crippen LogP contribution in [0.25, 0.3) is 16.0 Å². The van der Waals surface area contributed by atoms with Gasteiger partial charge in [0.2, 0.25) is 10.0 Å². The number of pyridine rings is 2. The van der Waals surface area contributed by atoms with Gasteiger partial charge < -0.3 is 14.9 Å². The molecular formula is C28H27F4N7O3S. The van der Waals surface area contributed by atoms with Crippen molar-refractivity contribution in [3.63, 3.8) is 0 Å². The minimum Gasteiger partial charge on any atom is -0.361 e. The Hall–Kier alpha value is -4.29. The van der Waals surface area contributed by atoms with Crippen LogP contribution in [0.15, 0.2) is 42.5 Å². The Morgan fingerprint density at radius 2 is 1.86 bits per heavy atom. The minimum absolute atomic E-state index is 0.0574. The van der Waals surface area contributed by atoms with Gasteiger partial charge >= 0.3 is 0 Å². The van der Waals surface area contributed by atoms with Gasteiger partial charge in [-0.2, -0.15) is 0 Å². The molecular weight excluding hydrogens is 590 g/mol. The van der Waals surface area contributed by atoms with Crippen molar-refractivity contribution >= 4 is 44.1 Å². The lowest BCUT2D eigenvalue weighted by Gasteiger charge is -2.25. The molecule has 1 unspecified atom stereocenters.